The SMILES string of the molecule is c1cc[n+]2c(c1)Cc1cccc[n+]1C2. The molecule has 1 aliphatic rings. The first kappa shape index (κ1) is 7.68. The quantitative estimate of drug-likeness (QED) is 0.454. The lowest BCUT2D eigenvalue weighted by atomic mass is 10.1. The van der Waals surface area contributed by atoms with Crippen molar-refractivity contribution in [2.75, 3.05) is 0 Å². The summed E-state index contributed by atoms with van der Waals surface area (Å²) in [4.78, 5) is 0. The zero-order valence-corrected chi connectivity index (χ0v) is 7.93. The van der Waals surface area contributed by atoms with Crippen molar-refractivity contribution < 1.29 is 9.13 Å². The molecular weight excluding hydrogens is 172 g/mol. The van der Waals surface area contributed by atoms with E-state index in [1.54, 1.807) is 0 Å². The monoisotopic (exact) mass is 184 g/mol. The van der Waals surface area contributed by atoms with Crippen LogP contribution in [0.4, 0.5) is 0 Å². The Kier molecular flexibility index (Phi) is 1.60. The van der Waals surface area contributed by atoms with E-state index in [2.05, 4.69) is 57.9 Å². The largest absolute Gasteiger partial charge is 0.344 e. The molecule has 2 aromatic rings. The molecule has 2 nitrogen and oxygen atoms in total. The predicted octanol–water partition coefficient (Wildman–Crippen LogP) is 0.672. The standard InChI is InChI=1S/C12H12N2/c1-3-7-13-10-14-8-4-2-6-12(14)9-11(13)5-1/h1-8H,9-10H2/q+2. The highest BCUT2D eigenvalue weighted by molar-refractivity contribution is 5.08. The first-order valence-electron chi connectivity index (χ1n) is 4.88. The van der Waals surface area contributed by atoms with Crippen molar-refractivity contribution in [1.29, 1.82) is 0 Å². The van der Waals surface area contributed by atoms with Crippen LogP contribution < -0.4 is 9.13 Å². The van der Waals surface area contributed by atoms with Crippen LogP contribution in [0.5, 0.6) is 0 Å². The van der Waals surface area contributed by atoms with Gasteiger partial charge in [-0.15, -0.1) is 9.13 Å². The molecule has 0 aromatic carbocycles. The van der Waals surface area contributed by atoms with Crippen LogP contribution in [0, 0.1) is 0 Å². The minimum absolute atomic E-state index is 0.937. The smallest absolute Gasteiger partial charge is 0.143 e. The number of aromatic nitrogens is 2. The molecule has 0 bridgehead atoms. The third-order valence-corrected chi connectivity index (χ3v) is 2.74. The van der Waals surface area contributed by atoms with E-state index in [1.807, 2.05) is 0 Å². The number of pyridine rings is 2. The lowest BCUT2D eigenvalue weighted by molar-refractivity contribution is -0.928. The summed E-state index contributed by atoms with van der Waals surface area (Å²) < 4.78 is 4.57. The van der Waals surface area contributed by atoms with Crippen molar-refractivity contribution in [2.24, 2.45) is 0 Å². The van der Waals surface area contributed by atoms with Crippen molar-refractivity contribution in [3.8, 4) is 0 Å². The van der Waals surface area contributed by atoms with Gasteiger partial charge in [-0.3, -0.25) is 0 Å². The van der Waals surface area contributed by atoms with Crippen LogP contribution in [-0.2, 0) is 13.1 Å². The Morgan fingerprint density at radius 1 is 0.786 bits per heavy atom. The summed E-state index contributed by atoms with van der Waals surface area (Å²) in [5.41, 5.74) is 2.78. The maximum Gasteiger partial charge on any atom is 0.344 e. The van der Waals surface area contributed by atoms with E-state index in [4.69, 9.17) is 0 Å². The maximum absolute atomic E-state index is 2.28. The Labute approximate surface area is 83.1 Å². The van der Waals surface area contributed by atoms with Crippen LogP contribution in [0.3, 0.4) is 0 Å². The Balaban J connectivity index is 2.12. The van der Waals surface area contributed by atoms with Crippen LogP contribution in [0.15, 0.2) is 48.8 Å². The average Bonchev–Trinajstić information content (AvgIpc) is 2.26. The summed E-state index contributed by atoms with van der Waals surface area (Å²) in [5, 5.41) is 0. The van der Waals surface area contributed by atoms with Gasteiger partial charge in [0, 0.05) is 24.3 Å². The molecule has 2 heteroatoms. The van der Waals surface area contributed by atoms with E-state index in [-0.39, 0.29) is 0 Å². The fourth-order valence-electron chi connectivity index (χ4n) is 1.97. The van der Waals surface area contributed by atoms with Gasteiger partial charge in [-0.25, -0.2) is 0 Å². The molecule has 3 heterocycles. The van der Waals surface area contributed by atoms with Crippen LogP contribution in [-0.4, -0.2) is 0 Å². The highest BCUT2D eigenvalue weighted by atomic mass is 15.2. The van der Waals surface area contributed by atoms with Gasteiger partial charge >= 0.3 is 6.67 Å². The lowest BCUT2D eigenvalue weighted by Crippen LogP contribution is -2.59. The zero-order chi connectivity index (χ0) is 9.38. The zero-order valence-electron chi connectivity index (χ0n) is 7.93. The van der Waals surface area contributed by atoms with Crippen LogP contribution in [0.1, 0.15) is 11.4 Å². The average molecular weight is 184 g/mol. The molecular formula is C12H12N2+2. The summed E-state index contributed by atoms with van der Waals surface area (Å²) in [6.07, 6.45) is 5.30. The molecule has 0 N–H and O–H groups in total. The minimum atomic E-state index is 0.937. The third kappa shape index (κ3) is 1.11. The molecule has 0 fully saturated rings. The molecule has 14 heavy (non-hydrogen) atoms. The van der Waals surface area contributed by atoms with E-state index in [1.165, 1.54) is 11.4 Å². The Bertz CT molecular complexity index is 390. The number of rotatable bonds is 0. The molecule has 0 aliphatic carbocycles. The van der Waals surface area contributed by atoms with Gasteiger partial charge in [0.2, 0.25) is 0 Å². The van der Waals surface area contributed by atoms with Gasteiger partial charge in [0.1, 0.15) is 6.42 Å². The van der Waals surface area contributed by atoms with Crippen LogP contribution in [0.2, 0.25) is 0 Å². The molecule has 0 saturated heterocycles. The molecule has 0 unspecified atom stereocenters. The summed E-state index contributed by atoms with van der Waals surface area (Å²) in [5.74, 6) is 0. The van der Waals surface area contributed by atoms with Gasteiger partial charge in [-0.2, -0.15) is 0 Å². The van der Waals surface area contributed by atoms with Crippen molar-refractivity contribution in [1.82, 2.24) is 0 Å². The van der Waals surface area contributed by atoms with E-state index < -0.39 is 0 Å². The molecule has 0 atom stereocenters. The van der Waals surface area contributed by atoms with Crippen molar-refractivity contribution in [3.05, 3.63) is 60.2 Å². The molecule has 0 radical (unpaired) electrons. The topological polar surface area (TPSA) is 7.76 Å². The predicted molar refractivity (Wildman–Crippen MR) is 51.5 cm³/mol. The highest BCUT2D eigenvalue weighted by Gasteiger charge is 2.25. The van der Waals surface area contributed by atoms with Gasteiger partial charge < -0.3 is 0 Å². The number of hydrogen-bond donors (Lipinski definition) is 0. The Morgan fingerprint density at radius 2 is 1.36 bits per heavy atom. The van der Waals surface area contributed by atoms with E-state index in [9.17, 15) is 0 Å². The maximum atomic E-state index is 2.28. The van der Waals surface area contributed by atoms with Gasteiger partial charge in [-0.05, 0) is 0 Å². The van der Waals surface area contributed by atoms with Crippen LogP contribution >= 0.6 is 0 Å². The van der Waals surface area contributed by atoms with Crippen molar-refractivity contribution in [3.63, 3.8) is 0 Å². The second-order valence-corrected chi connectivity index (χ2v) is 3.64. The summed E-state index contributed by atoms with van der Waals surface area (Å²) >= 11 is 0. The summed E-state index contributed by atoms with van der Waals surface area (Å²) in [7, 11) is 0. The molecule has 0 spiro atoms. The van der Waals surface area contributed by atoms with E-state index >= 15 is 0 Å². The molecule has 3 rings (SSSR count). The Morgan fingerprint density at radius 3 is 1.93 bits per heavy atom. The lowest BCUT2D eigenvalue weighted by Gasteiger charge is -2.07. The second-order valence-electron chi connectivity index (χ2n) is 3.64. The summed E-state index contributed by atoms with van der Waals surface area (Å²) in [6, 6.07) is 12.7. The first-order valence-corrected chi connectivity index (χ1v) is 4.88. The Hall–Kier alpha value is -1.70. The highest BCUT2D eigenvalue weighted by Crippen LogP contribution is 2.04. The van der Waals surface area contributed by atoms with Gasteiger partial charge in [0.15, 0.2) is 23.8 Å². The molecule has 68 valence electrons. The van der Waals surface area contributed by atoms with Gasteiger partial charge in [0.05, 0.1) is 0 Å². The normalized spacial score (nSPS) is 13.1. The fraction of sp³-hybridized carbons (Fsp3) is 0.167. The summed E-state index contributed by atoms with van der Waals surface area (Å²) in [6.45, 7) is 0.937. The van der Waals surface area contributed by atoms with E-state index in [0.717, 1.165) is 13.1 Å². The molecule has 1 aliphatic heterocycles. The van der Waals surface area contributed by atoms with Gasteiger partial charge in [0.25, 0.3) is 0 Å². The second kappa shape index (κ2) is 2.91. The number of hydrogen-bond acceptors (Lipinski definition) is 0. The van der Waals surface area contributed by atoms with Crippen LogP contribution in [0.25, 0.3) is 0 Å². The molecule has 0 saturated carbocycles. The van der Waals surface area contributed by atoms with Gasteiger partial charge in [-0.1, -0.05) is 12.1 Å². The van der Waals surface area contributed by atoms with Crippen molar-refractivity contribution in [2.45, 2.75) is 13.1 Å². The first-order chi connectivity index (χ1) is 6.93. The fourth-order valence-corrected chi connectivity index (χ4v) is 1.97. The van der Waals surface area contributed by atoms with Crippen molar-refractivity contribution >= 4 is 0 Å². The number of fused-ring (bicyclic) bond motifs is 2. The molecule has 0 amide bonds. The van der Waals surface area contributed by atoms with E-state index in [0.29, 0.717) is 0 Å². The minimum Gasteiger partial charge on any atom is -0.143 e. The number of nitrogens with zero attached hydrogens (tertiary/aromatic N) is 2. The molecule has 2 aromatic heterocycles. The third-order valence-electron chi connectivity index (χ3n) is 2.74.